The fraction of sp³-hybridized carbons (Fsp3) is 0.179. The van der Waals surface area contributed by atoms with E-state index in [0.717, 1.165) is 16.7 Å². The van der Waals surface area contributed by atoms with E-state index in [4.69, 9.17) is 11.2 Å². The third-order valence-electron chi connectivity index (χ3n) is 5.15. The lowest BCUT2D eigenvalue weighted by Gasteiger charge is -2.32. The molecule has 0 N–H and O–H groups in total. The number of terminal acetylenes is 1. The Morgan fingerprint density at radius 1 is 0.968 bits per heavy atom. The van der Waals surface area contributed by atoms with Crippen molar-refractivity contribution < 1.29 is 9.53 Å². The largest absolute Gasteiger partial charge is 0.459 e. The Labute approximate surface area is 185 Å². The maximum absolute atomic E-state index is 13.2. The van der Waals surface area contributed by atoms with Crippen molar-refractivity contribution in [3.05, 3.63) is 114 Å². The van der Waals surface area contributed by atoms with Gasteiger partial charge in [0.05, 0.1) is 6.54 Å². The standard InChI is InChI=1S/C28H27NO2/c1-3-21-29(23(2)26-17-11-6-12-18-26)27(20-19-24-13-7-4-8-14-24)28(30)31-22-25-15-9-5-10-16-25/h1,4-20,23,27H,21-22H2,2H3/b20-19+/t23-,27+/m0/s1. The molecule has 3 nitrogen and oxygen atoms in total. The minimum absolute atomic E-state index is 0.0630. The van der Waals surface area contributed by atoms with Gasteiger partial charge in [-0.1, -0.05) is 109 Å². The van der Waals surface area contributed by atoms with Crippen LogP contribution in [0.15, 0.2) is 97.1 Å². The molecule has 0 saturated heterocycles. The van der Waals surface area contributed by atoms with Gasteiger partial charge in [0.2, 0.25) is 0 Å². The Balaban J connectivity index is 1.87. The molecule has 0 fully saturated rings. The summed E-state index contributed by atoms with van der Waals surface area (Å²) >= 11 is 0. The fourth-order valence-corrected chi connectivity index (χ4v) is 3.41. The number of benzene rings is 3. The lowest BCUT2D eigenvalue weighted by molar-refractivity contribution is -0.150. The van der Waals surface area contributed by atoms with Crippen LogP contribution in [0.3, 0.4) is 0 Å². The highest BCUT2D eigenvalue weighted by molar-refractivity contribution is 5.79. The minimum atomic E-state index is -0.616. The van der Waals surface area contributed by atoms with Gasteiger partial charge in [-0.25, -0.2) is 4.79 Å². The third kappa shape index (κ3) is 6.44. The molecule has 0 aromatic heterocycles. The zero-order valence-electron chi connectivity index (χ0n) is 17.7. The maximum atomic E-state index is 13.2. The lowest BCUT2D eigenvalue weighted by Crippen LogP contribution is -2.42. The van der Waals surface area contributed by atoms with Crippen LogP contribution in [0.2, 0.25) is 0 Å². The number of nitrogens with zero attached hydrogens (tertiary/aromatic N) is 1. The minimum Gasteiger partial charge on any atom is -0.459 e. The molecule has 0 unspecified atom stereocenters. The van der Waals surface area contributed by atoms with Crippen molar-refractivity contribution in [2.75, 3.05) is 6.54 Å². The molecule has 3 aromatic carbocycles. The van der Waals surface area contributed by atoms with E-state index in [9.17, 15) is 4.79 Å². The number of hydrogen-bond acceptors (Lipinski definition) is 3. The SMILES string of the molecule is C#CCN([C@H](/C=C/c1ccccc1)C(=O)OCc1ccccc1)[C@@H](C)c1ccccc1. The van der Waals surface area contributed by atoms with Crippen LogP contribution in [0, 0.1) is 12.3 Å². The van der Waals surface area contributed by atoms with Crippen LogP contribution >= 0.6 is 0 Å². The second-order valence-corrected chi connectivity index (χ2v) is 7.27. The monoisotopic (exact) mass is 409 g/mol. The van der Waals surface area contributed by atoms with Crippen molar-refractivity contribution in [2.45, 2.75) is 25.6 Å². The van der Waals surface area contributed by atoms with Crippen molar-refractivity contribution in [1.82, 2.24) is 4.90 Å². The van der Waals surface area contributed by atoms with E-state index in [2.05, 4.69) is 12.8 Å². The second kappa shape index (κ2) is 11.5. The van der Waals surface area contributed by atoms with Crippen molar-refractivity contribution in [3.8, 4) is 12.3 Å². The quantitative estimate of drug-likeness (QED) is 0.345. The molecule has 3 rings (SSSR count). The van der Waals surface area contributed by atoms with Crippen molar-refractivity contribution in [2.24, 2.45) is 0 Å². The van der Waals surface area contributed by atoms with Gasteiger partial charge in [0.15, 0.2) is 0 Å². The van der Waals surface area contributed by atoms with E-state index in [1.165, 1.54) is 0 Å². The molecule has 0 radical (unpaired) electrons. The molecule has 0 saturated carbocycles. The Bertz CT molecular complexity index is 1010. The molecule has 0 amide bonds. The van der Waals surface area contributed by atoms with Gasteiger partial charge in [0.25, 0.3) is 0 Å². The van der Waals surface area contributed by atoms with Gasteiger partial charge in [-0.3, -0.25) is 4.90 Å². The van der Waals surface area contributed by atoms with Crippen LogP contribution in [0.25, 0.3) is 6.08 Å². The highest BCUT2D eigenvalue weighted by atomic mass is 16.5. The molecule has 0 aliphatic rings. The normalized spacial score (nSPS) is 12.9. The number of ether oxygens (including phenoxy) is 1. The highest BCUT2D eigenvalue weighted by Gasteiger charge is 2.29. The molecule has 0 spiro atoms. The van der Waals surface area contributed by atoms with Crippen LogP contribution in [0.4, 0.5) is 0 Å². The second-order valence-electron chi connectivity index (χ2n) is 7.27. The Morgan fingerprint density at radius 2 is 1.55 bits per heavy atom. The molecule has 0 aliphatic heterocycles. The first-order chi connectivity index (χ1) is 15.2. The van der Waals surface area contributed by atoms with Crippen molar-refractivity contribution in [3.63, 3.8) is 0 Å². The molecule has 0 bridgehead atoms. The molecular weight excluding hydrogens is 382 g/mol. The van der Waals surface area contributed by atoms with Gasteiger partial charge in [-0.15, -0.1) is 6.42 Å². The number of hydrogen-bond donors (Lipinski definition) is 0. The Morgan fingerprint density at radius 3 is 2.16 bits per heavy atom. The van der Waals surface area contributed by atoms with Crippen LogP contribution < -0.4 is 0 Å². The molecule has 3 aromatic rings. The zero-order chi connectivity index (χ0) is 21.9. The van der Waals surface area contributed by atoms with E-state index in [-0.39, 0.29) is 18.6 Å². The van der Waals surface area contributed by atoms with Crippen LogP contribution in [0.5, 0.6) is 0 Å². The number of rotatable bonds is 9. The first-order valence-electron chi connectivity index (χ1n) is 10.4. The third-order valence-corrected chi connectivity index (χ3v) is 5.15. The van der Waals surface area contributed by atoms with Crippen LogP contribution in [-0.2, 0) is 16.1 Å². The zero-order valence-corrected chi connectivity index (χ0v) is 17.7. The predicted octanol–water partition coefficient (Wildman–Crippen LogP) is 5.51. The number of carbonyl (C=O) groups excluding carboxylic acids is 1. The van der Waals surface area contributed by atoms with E-state index < -0.39 is 6.04 Å². The molecule has 31 heavy (non-hydrogen) atoms. The summed E-state index contributed by atoms with van der Waals surface area (Å²) in [6, 6.07) is 28.9. The van der Waals surface area contributed by atoms with Gasteiger partial charge < -0.3 is 4.74 Å². The summed E-state index contributed by atoms with van der Waals surface area (Å²) in [5, 5.41) is 0. The summed E-state index contributed by atoms with van der Waals surface area (Å²) < 4.78 is 5.69. The molecular formula is C28H27NO2. The molecule has 3 heteroatoms. The summed E-state index contributed by atoms with van der Waals surface area (Å²) in [4.78, 5) is 15.2. The van der Waals surface area contributed by atoms with Gasteiger partial charge in [-0.05, 0) is 23.6 Å². The fourth-order valence-electron chi connectivity index (χ4n) is 3.41. The highest BCUT2D eigenvalue weighted by Crippen LogP contribution is 2.24. The number of esters is 1. The van der Waals surface area contributed by atoms with E-state index in [1.807, 2.05) is 108 Å². The van der Waals surface area contributed by atoms with E-state index in [1.54, 1.807) is 0 Å². The van der Waals surface area contributed by atoms with Crippen LogP contribution in [-0.4, -0.2) is 23.5 Å². The Kier molecular flexibility index (Phi) is 8.22. The van der Waals surface area contributed by atoms with Crippen molar-refractivity contribution >= 4 is 12.0 Å². The predicted molar refractivity (Wildman–Crippen MR) is 126 cm³/mol. The average molecular weight is 410 g/mol. The molecule has 0 heterocycles. The topological polar surface area (TPSA) is 29.5 Å². The average Bonchev–Trinajstić information content (AvgIpc) is 2.83. The van der Waals surface area contributed by atoms with Gasteiger partial charge in [0.1, 0.15) is 12.6 Å². The smallest absolute Gasteiger partial charge is 0.327 e. The molecule has 156 valence electrons. The summed E-state index contributed by atoms with van der Waals surface area (Å²) in [5.41, 5.74) is 3.05. The summed E-state index contributed by atoms with van der Waals surface area (Å²) in [7, 11) is 0. The van der Waals surface area contributed by atoms with Crippen molar-refractivity contribution in [1.29, 1.82) is 0 Å². The summed E-state index contributed by atoms with van der Waals surface area (Å²) in [6.07, 6.45) is 9.50. The summed E-state index contributed by atoms with van der Waals surface area (Å²) in [5.74, 6) is 2.39. The first-order valence-corrected chi connectivity index (χ1v) is 10.4. The van der Waals surface area contributed by atoms with E-state index >= 15 is 0 Å². The molecule has 0 aliphatic carbocycles. The Hall–Kier alpha value is -3.61. The van der Waals surface area contributed by atoms with Crippen LogP contribution in [0.1, 0.15) is 29.7 Å². The summed E-state index contributed by atoms with van der Waals surface area (Å²) in [6.45, 7) is 2.60. The van der Waals surface area contributed by atoms with E-state index in [0.29, 0.717) is 6.54 Å². The lowest BCUT2D eigenvalue weighted by atomic mass is 10.0. The van der Waals surface area contributed by atoms with Gasteiger partial charge >= 0.3 is 5.97 Å². The first kappa shape index (κ1) is 22.1. The number of carbonyl (C=O) groups is 1. The molecule has 2 atom stereocenters. The maximum Gasteiger partial charge on any atom is 0.327 e. The van der Waals surface area contributed by atoms with Gasteiger partial charge in [-0.2, -0.15) is 0 Å². The van der Waals surface area contributed by atoms with Gasteiger partial charge in [0, 0.05) is 6.04 Å².